The molecule has 1 aromatic heterocycles. The number of amides is 3. The number of carbonyl (C=O) groups excluding carboxylic acids is 3. The molecule has 3 amide bonds. The van der Waals surface area contributed by atoms with Crippen LogP contribution in [0.1, 0.15) is 30.3 Å². The maximum Gasteiger partial charge on any atom is 0.291 e. The molecule has 0 spiro atoms. The molecule has 3 rings (SSSR count). The van der Waals surface area contributed by atoms with Crippen molar-refractivity contribution in [3.63, 3.8) is 0 Å². The molecule has 0 unspecified atom stereocenters. The largest absolute Gasteiger partial charge is 0.459 e. The van der Waals surface area contributed by atoms with E-state index in [-0.39, 0.29) is 30.0 Å². The molecule has 32 heavy (non-hydrogen) atoms. The number of anilines is 4. The third-order valence-electron chi connectivity index (χ3n) is 4.32. The SMILES string of the molecule is CCCC(=O)Nc1ccc(Cl)c(NCC(=O)Nc2cccc(NC(=O)c3ccco3)c2)c1. The third kappa shape index (κ3) is 6.61. The van der Waals surface area contributed by atoms with Gasteiger partial charge in [0.2, 0.25) is 11.8 Å². The van der Waals surface area contributed by atoms with Crippen molar-refractivity contribution in [1.29, 1.82) is 0 Å². The van der Waals surface area contributed by atoms with Gasteiger partial charge in [0.05, 0.1) is 23.5 Å². The Balaban J connectivity index is 1.56. The van der Waals surface area contributed by atoms with Gasteiger partial charge in [0.15, 0.2) is 5.76 Å². The average Bonchev–Trinajstić information content (AvgIpc) is 3.30. The first-order valence-electron chi connectivity index (χ1n) is 10.0. The van der Waals surface area contributed by atoms with Crippen LogP contribution in [-0.4, -0.2) is 24.3 Å². The zero-order valence-corrected chi connectivity index (χ0v) is 18.2. The number of hydrogen-bond acceptors (Lipinski definition) is 5. The monoisotopic (exact) mass is 454 g/mol. The topological polar surface area (TPSA) is 112 Å². The van der Waals surface area contributed by atoms with Crippen LogP contribution < -0.4 is 21.3 Å². The molecule has 0 aliphatic heterocycles. The van der Waals surface area contributed by atoms with Crippen molar-refractivity contribution < 1.29 is 18.8 Å². The highest BCUT2D eigenvalue weighted by Crippen LogP contribution is 2.25. The summed E-state index contributed by atoms with van der Waals surface area (Å²) in [6, 6.07) is 15.0. The summed E-state index contributed by atoms with van der Waals surface area (Å²) in [5.41, 5.74) is 2.14. The lowest BCUT2D eigenvalue weighted by atomic mass is 10.2. The molecule has 9 heteroatoms. The second-order valence-corrected chi connectivity index (χ2v) is 7.31. The van der Waals surface area contributed by atoms with E-state index in [4.69, 9.17) is 16.0 Å². The molecule has 0 aliphatic carbocycles. The minimum atomic E-state index is -0.388. The summed E-state index contributed by atoms with van der Waals surface area (Å²) in [7, 11) is 0. The van der Waals surface area contributed by atoms with Gasteiger partial charge in [-0.25, -0.2) is 0 Å². The second-order valence-electron chi connectivity index (χ2n) is 6.91. The van der Waals surface area contributed by atoms with Crippen molar-refractivity contribution in [3.05, 3.63) is 71.6 Å². The number of furan rings is 1. The van der Waals surface area contributed by atoms with Gasteiger partial charge in [-0.15, -0.1) is 0 Å². The maximum absolute atomic E-state index is 12.4. The van der Waals surface area contributed by atoms with Crippen LogP contribution in [0.3, 0.4) is 0 Å². The molecule has 8 nitrogen and oxygen atoms in total. The molecule has 3 aromatic rings. The van der Waals surface area contributed by atoms with E-state index >= 15 is 0 Å². The standard InChI is InChI=1S/C23H23ClN4O4/c1-2-5-21(29)26-17-9-10-18(24)19(13-17)25-14-22(30)27-15-6-3-7-16(12-15)28-23(31)20-8-4-11-32-20/h3-4,6-13,25H,2,5,14H2,1H3,(H,26,29)(H,27,30)(H,28,31). The van der Waals surface area contributed by atoms with Gasteiger partial charge in [0.25, 0.3) is 5.91 Å². The molecule has 0 bridgehead atoms. The van der Waals surface area contributed by atoms with Gasteiger partial charge < -0.3 is 25.7 Å². The quantitative estimate of drug-likeness (QED) is 0.364. The number of carbonyl (C=O) groups is 3. The number of nitrogens with one attached hydrogen (secondary N) is 4. The van der Waals surface area contributed by atoms with Gasteiger partial charge in [-0.05, 0) is 55.0 Å². The second kappa shape index (κ2) is 11.0. The van der Waals surface area contributed by atoms with Gasteiger partial charge in [-0.2, -0.15) is 0 Å². The zero-order chi connectivity index (χ0) is 22.9. The van der Waals surface area contributed by atoms with E-state index in [1.807, 2.05) is 6.92 Å². The Kier molecular flexibility index (Phi) is 7.88. The zero-order valence-electron chi connectivity index (χ0n) is 17.4. The first kappa shape index (κ1) is 22.9. The maximum atomic E-state index is 12.4. The number of halogens is 1. The summed E-state index contributed by atoms with van der Waals surface area (Å²) < 4.78 is 5.06. The molecule has 1 heterocycles. The van der Waals surface area contributed by atoms with Crippen LogP contribution in [0.15, 0.2) is 65.3 Å². The highest BCUT2D eigenvalue weighted by atomic mass is 35.5. The smallest absolute Gasteiger partial charge is 0.291 e. The van der Waals surface area contributed by atoms with E-state index in [1.165, 1.54) is 6.26 Å². The van der Waals surface area contributed by atoms with Crippen molar-refractivity contribution in [2.75, 3.05) is 27.8 Å². The molecule has 2 aromatic carbocycles. The van der Waals surface area contributed by atoms with Gasteiger partial charge in [-0.1, -0.05) is 24.6 Å². The third-order valence-corrected chi connectivity index (χ3v) is 4.65. The highest BCUT2D eigenvalue weighted by molar-refractivity contribution is 6.33. The summed E-state index contributed by atoms with van der Waals surface area (Å²) in [5, 5.41) is 11.6. The fourth-order valence-electron chi connectivity index (χ4n) is 2.84. The van der Waals surface area contributed by atoms with E-state index in [0.29, 0.717) is 34.2 Å². The summed E-state index contributed by atoms with van der Waals surface area (Å²) in [6.07, 6.45) is 2.59. The molecular weight excluding hydrogens is 432 g/mol. The molecule has 0 fully saturated rings. The van der Waals surface area contributed by atoms with E-state index in [1.54, 1.807) is 54.6 Å². The van der Waals surface area contributed by atoms with Gasteiger partial charge in [0.1, 0.15) is 0 Å². The average molecular weight is 455 g/mol. The Hall–Kier alpha value is -3.78. The summed E-state index contributed by atoms with van der Waals surface area (Å²) >= 11 is 6.19. The Bertz CT molecular complexity index is 1100. The van der Waals surface area contributed by atoms with Crippen molar-refractivity contribution in [2.45, 2.75) is 19.8 Å². The van der Waals surface area contributed by atoms with Crippen LogP contribution in [0.4, 0.5) is 22.7 Å². The van der Waals surface area contributed by atoms with E-state index in [0.717, 1.165) is 6.42 Å². The number of rotatable bonds is 9. The summed E-state index contributed by atoms with van der Waals surface area (Å²) in [5.74, 6) is -0.595. The lowest BCUT2D eigenvalue weighted by molar-refractivity contribution is -0.116. The summed E-state index contributed by atoms with van der Waals surface area (Å²) in [6.45, 7) is 1.88. The lowest BCUT2D eigenvalue weighted by Crippen LogP contribution is -2.22. The van der Waals surface area contributed by atoms with Crippen molar-refractivity contribution >= 4 is 52.1 Å². The minimum absolute atomic E-state index is 0.0466. The molecule has 4 N–H and O–H groups in total. The van der Waals surface area contributed by atoms with Gasteiger partial charge in [0, 0.05) is 23.5 Å². The van der Waals surface area contributed by atoms with Crippen LogP contribution in [0, 0.1) is 0 Å². The number of benzene rings is 2. The predicted octanol–water partition coefficient (Wildman–Crippen LogP) is 4.97. The fraction of sp³-hybridized carbons (Fsp3) is 0.174. The van der Waals surface area contributed by atoms with Crippen molar-refractivity contribution in [2.24, 2.45) is 0 Å². The molecule has 0 saturated heterocycles. The molecule has 0 saturated carbocycles. The molecule has 0 atom stereocenters. The van der Waals surface area contributed by atoms with Crippen LogP contribution in [0.2, 0.25) is 5.02 Å². The van der Waals surface area contributed by atoms with E-state index in [2.05, 4.69) is 21.3 Å². The van der Waals surface area contributed by atoms with Crippen LogP contribution in [0.25, 0.3) is 0 Å². The Labute approximate surface area is 190 Å². The first-order valence-corrected chi connectivity index (χ1v) is 10.4. The Morgan fingerprint density at radius 2 is 1.59 bits per heavy atom. The van der Waals surface area contributed by atoms with Crippen LogP contribution in [-0.2, 0) is 9.59 Å². The molecule has 166 valence electrons. The highest BCUT2D eigenvalue weighted by Gasteiger charge is 2.10. The van der Waals surface area contributed by atoms with Crippen LogP contribution in [0.5, 0.6) is 0 Å². The fourth-order valence-corrected chi connectivity index (χ4v) is 3.03. The van der Waals surface area contributed by atoms with E-state index in [9.17, 15) is 14.4 Å². The minimum Gasteiger partial charge on any atom is -0.459 e. The molecular formula is C23H23ClN4O4. The predicted molar refractivity (Wildman–Crippen MR) is 125 cm³/mol. The Morgan fingerprint density at radius 1 is 0.875 bits per heavy atom. The number of hydrogen-bond donors (Lipinski definition) is 4. The lowest BCUT2D eigenvalue weighted by Gasteiger charge is -2.12. The van der Waals surface area contributed by atoms with Gasteiger partial charge >= 0.3 is 0 Å². The molecule has 0 radical (unpaired) electrons. The van der Waals surface area contributed by atoms with E-state index < -0.39 is 0 Å². The first-order chi connectivity index (χ1) is 15.4. The van der Waals surface area contributed by atoms with Crippen molar-refractivity contribution in [3.8, 4) is 0 Å². The van der Waals surface area contributed by atoms with Gasteiger partial charge in [-0.3, -0.25) is 14.4 Å². The Morgan fingerprint density at radius 3 is 2.31 bits per heavy atom. The molecule has 0 aliphatic rings. The van der Waals surface area contributed by atoms with Crippen LogP contribution >= 0.6 is 11.6 Å². The summed E-state index contributed by atoms with van der Waals surface area (Å²) in [4.78, 5) is 36.2. The van der Waals surface area contributed by atoms with Crippen molar-refractivity contribution in [1.82, 2.24) is 0 Å². The normalized spacial score (nSPS) is 10.3.